The van der Waals surface area contributed by atoms with Crippen molar-refractivity contribution in [2.45, 2.75) is 32.2 Å². The highest BCUT2D eigenvalue weighted by atomic mass is 16.2. The minimum Gasteiger partial charge on any atom is -0.399 e. The summed E-state index contributed by atoms with van der Waals surface area (Å²) >= 11 is 0. The van der Waals surface area contributed by atoms with E-state index in [4.69, 9.17) is 5.73 Å². The van der Waals surface area contributed by atoms with E-state index in [1.165, 1.54) is 12.8 Å². The van der Waals surface area contributed by atoms with Crippen molar-refractivity contribution in [2.75, 3.05) is 5.73 Å². The zero-order chi connectivity index (χ0) is 14.8. The quantitative estimate of drug-likeness (QED) is 0.850. The molecule has 3 rings (SSSR count). The van der Waals surface area contributed by atoms with Crippen LogP contribution in [0.3, 0.4) is 0 Å². The van der Waals surface area contributed by atoms with Gasteiger partial charge in [-0.15, -0.1) is 0 Å². The molecule has 0 aliphatic heterocycles. The van der Waals surface area contributed by atoms with E-state index in [9.17, 15) is 4.79 Å². The van der Waals surface area contributed by atoms with Crippen LogP contribution >= 0.6 is 0 Å². The minimum atomic E-state index is -0.101. The fourth-order valence-corrected chi connectivity index (χ4v) is 2.86. The Balaban J connectivity index is 1.74. The molecule has 5 nitrogen and oxygen atoms in total. The number of amides is 1. The van der Waals surface area contributed by atoms with Gasteiger partial charge in [-0.05, 0) is 43.0 Å². The standard InChI is InChI=1S/C16H20N4O/c1-11-4-2-7-14(11)18-16(21)15-8-9-20(19-15)13-6-3-5-12(17)10-13/h3,5-6,8-11,14H,2,4,7,17H2,1H3,(H,18,21). The summed E-state index contributed by atoms with van der Waals surface area (Å²) in [6, 6.07) is 9.43. The van der Waals surface area contributed by atoms with Crippen LogP contribution in [0, 0.1) is 5.92 Å². The third-order valence-electron chi connectivity index (χ3n) is 4.13. The van der Waals surface area contributed by atoms with Gasteiger partial charge in [0.1, 0.15) is 0 Å². The molecular formula is C16H20N4O. The number of aromatic nitrogens is 2. The highest BCUT2D eigenvalue weighted by Gasteiger charge is 2.25. The monoisotopic (exact) mass is 284 g/mol. The van der Waals surface area contributed by atoms with Crippen molar-refractivity contribution >= 4 is 11.6 Å². The second kappa shape index (κ2) is 5.60. The number of hydrogen-bond acceptors (Lipinski definition) is 3. The average Bonchev–Trinajstić information content (AvgIpc) is 3.09. The van der Waals surface area contributed by atoms with Crippen LogP contribution in [0.25, 0.3) is 5.69 Å². The Morgan fingerprint density at radius 1 is 1.38 bits per heavy atom. The number of benzene rings is 1. The van der Waals surface area contributed by atoms with Gasteiger partial charge in [-0.25, -0.2) is 4.68 Å². The molecule has 1 aliphatic rings. The molecule has 1 amide bonds. The van der Waals surface area contributed by atoms with Crippen LogP contribution in [0.15, 0.2) is 36.5 Å². The summed E-state index contributed by atoms with van der Waals surface area (Å²) in [6.45, 7) is 2.18. The first-order valence-corrected chi connectivity index (χ1v) is 7.36. The average molecular weight is 284 g/mol. The number of carbonyl (C=O) groups excluding carboxylic acids is 1. The van der Waals surface area contributed by atoms with Crippen molar-refractivity contribution in [1.29, 1.82) is 0 Å². The lowest BCUT2D eigenvalue weighted by Gasteiger charge is -2.16. The van der Waals surface area contributed by atoms with Crippen LogP contribution in [0.2, 0.25) is 0 Å². The normalized spacial score (nSPS) is 21.4. The molecule has 0 radical (unpaired) electrons. The summed E-state index contributed by atoms with van der Waals surface area (Å²) < 4.78 is 1.67. The van der Waals surface area contributed by atoms with E-state index < -0.39 is 0 Å². The molecule has 1 saturated carbocycles. The second-order valence-corrected chi connectivity index (χ2v) is 5.73. The number of hydrogen-bond donors (Lipinski definition) is 2. The molecule has 1 aromatic carbocycles. The molecule has 2 unspecified atom stereocenters. The van der Waals surface area contributed by atoms with Gasteiger partial charge in [0.15, 0.2) is 5.69 Å². The Bertz CT molecular complexity index is 649. The van der Waals surface area contributed by atoms with E-state index in [0.717, 1.165) is 12.1 Å². The number of nitrogen functional groups attached to an aromatic ring is 1. The molecule has 21 heavy (non-hydrogen) atoms. The maximum absolute atomic E-state index is 12.2. The molecule has 1 aromatic heterocycles. The number of rotatable bonds is 3. The van der Waals surface area contributed by atoms with Crippen LogP contribution in [-0.2, 0) is 0 Å². The van der Waals surface area contributed by atoms with E-state index in [-0.39, 0.29) is 11.9 Å². The smallest absolute Gasteiger partial charge is 0.272 e. The Morgan fingerprint density at radius 3 is 2.95 bits per heavy atom. The van der Waals surface area contributed by atoms with Gasteiger partial charge in [0, 0.05) is 17.9 Å². The van der Waals surface area contributed by atoms with Gasteiger partial charge in [0.25, 0.3) is 5.91 Å². The Hall–Kier alpha value is -2.30. The van der Waals surface area contributed by atoms with Gasteiger partial charge in [-0.3, -0.25) is 4.79 Å². The molecule has 2 aromatic rings. The largest absolute Gasteiger partial charge is 0.399 e. The fraction of sp³-hybridized carbons (Fsp3) is 0.375. The first kappa shape index (κ1) is 13.7. The lowest BCUT2D eigenvalue weighted by Crippen LogP contribution is -2.36. The highest BCUT2D eigenvalue weighted by Crippen LogP contribution is 2.25. The molecule has 0 spiro atoms. The van der Waals surface area contributed by atoms with Crippen LogP contribution in [0.1, 0.15) is 36.7 Å². The van der Waals surface area contributed by atoms with Crippen molar-refractivity contribution < 1.29 is 4.79 Å². The lowest BCUT2D eigenvalue weighted by atomic mass is 10.1. The first-order valence-electron chi connectivity index (χ1n) is 7.36. The SMILES string of the molecule is CC1CCCC1NC(=O)c1ccn(-c2cccc(N)c2)n1. The lowest BCUT2D eigenvalue weighted by molar-refractivity contribution is 0.0924. The predicted molar refractivity (Wildman–Crippen MR) is 82.2 cm³/mol. The third kappa shape index (κ3) is 2.91. The summed E-state index contributed by atoms with van der Waals surface area (Å²) in [6.07, 6.45) is 5.21. The first-order chi connectivity index (χ1) is 10.1. The number of nitrogens with zero attached hydrogens (tertiary/aromatic N) is 2. The van der Waals surface area contributed by atoms with E-state index in [1.54, 1.807) is 16.9 Å². The molecule has 1 aliphatic carbocycles. The molecule has 0 bridgehead atoms. The number of nitrogens with two attached hydrogens (primary N) is 1. The molecule has 2 atom stereocenters. The summed E-state index contributed by atoms with van der Waals surface area (Å²) in [5.74, 6) is 0.446. The number of carbonyl (C=O) groups is 1. The van der Waals surface area contributed by atoms with E-state index >= 15 is 0 Å². The predicted octanol–water partition coefficient (Wildman–Crippen LogP) is 2.37. The fourth-order valence-electron chi connectivity index (χ4n) is 2.86. The summed E-state index contributed by atoms with van der Waals surface area (Å²) in [4.78, 5) is 12.2. The van der Waals surface area contributed by atoms with Crippen LogP contribution in [0.5, 0.6) is 0 Å². The van der Waals surface area contributed by atoms with Gasteiger partial charge in [-0.2, -0.15) is 5.10 Å². The van der Waals surface area contributed by atoms with Crippen molar-refractivity contribution in [3.63, 3.8) is 0 Å². The van der Waals surface area contributed by atoms with E-state index in [0.29, 0.717) is 17.3 Å². The highest BCUT2D eigenvalue weighted by molar-refractivity contribution is 5.92. The van der Waals surface area contributed by atoms with E-state index in [1.807, 2.05) is 24.3 Å². The molecule has 110 valence electrons. The van der Waals surface area contributed by atoms with Crippen molar-refractivity contribution in [1.82, 2.24) is 15.1 Å². The van der Waals surface area contributed by atoms with Crippen molar-refractivity contribution in [3.8, 4) is 5.69 Å². The number of nitrogens with one attached hydrogen (secondary N) is 1. The van der Waals surface area contributed by atoms with Gasteiger partial charge in [-0.1, -0.05) is 19.4 Å². The Labute approximate surface area is 124 Å². The summed E-state index contributed by atoms with van der Waals surface area (Å²) in [5.41, 5.74) is 7.73. The van der Waals surface area contributed by atoms with Crippen molar-refractivity contribution in [3.05, 3.63) is 42.2 Å². The zero-order valence-corrected chi connectivity index (χ0v) is 12.1. The van der Waals surface area contributed by atoms with Crippen LogP contribution < -0.4 is 11.1 Å². The van der Waals surface area contributed by atoms with Crippen molar-refractivity contribution in [2.24, 2.45) is 5.92 Å². The molecule has 5 heteroatoms. The molecule has 1 heterocycles. The third-order valence-corrected chi connectivity index (χ3v) is 4.13. The Kier molecular flexibility index (Phi) is 3.64. The summed E-state index contributed by atoms with van der Waals surface area (Å²) in [7, 11) is 0. The molecule has 0 saturated heterocycles. The van der Waals surface area contributed by atoms with Crippen LogP contribution in [-0.4, -0.2) is 21.7 Å². The van der Waals surface area contributed by atoms with E-state index in [2.05, 4.69) is 17.3 Å². The zero-order valence-electron chi connectivity index (χ0n) is 12.1. The maximum atomic E-state index is 12.2. The summed E-state index contributed by atoms with van der Waals surface area (Å²) in [5, 5.41) is 7.42. The maximum Gasteiger partial charge on any atom is 0.272 e. The minimum absolute atomic E-state index is 0.101. The van der Waals surface area contributed by atoms with Crippen LogP contribution in [0.4, 0.5) is 5.69 Å². The molecule has 1 fully saturated rings. The topological polar surface area (TPSA) is 72.9 Å². The molecular weight excluding hydrogens is 264 g/mol. The van der Waals surface area contributed by atoms with Gasteiger partial charge in [0.2, 0.25) is 0 Å². The second-order valence-electron chi connectivity index (χ2n) is 5.73. The van der Waals surface area contributed by atoms with Gasteiger partial charge >= 0.3 is 0 Å². The van der Waals surface area contributed by atoms with Gasteiger partial charge in [0.05, 0.1) is 5.69 Å². The Morgan fingerprint density at radius 2 is 2.24 bits per heavy atom. The molecule has 3 N–H and O–H groups in total. The van der Waals surface area contributed by atoms with Gasteiger partial charge < -0.3 is 11.1 Å². The number of anilines is 1.